The minimum absolute atomic E-state index is 0.0202. The minimum atomic E-state index is -3.98. The molecule has 8 rings (SSSR count). The third kappa shape index (κ3) is 9.49. The van der Waals surface area contributed by atoms with Gasteiger partial charge < -0.3 is 24.0 Å². The molecule has 2 aromatic rings. The topological polar surface area (TPSA) is 179 Å². The summed E-state index contributed by atoms with van der Waals surface area (Å²) >= 11 is 0. The number of nitrogens with one attached hydrogen (secondary N) is 1. The maximum Gasteiger partial charge on any atom is 0.306 e. The Morgan fingerprint density at radius 3 is 2.52 bits per heavy atom. The van der Waals surface area contributed by atoms with Gasteiger partial charge in [0.25, 0.3) is 0 Å². The summed E-state index contributed by atoms with van der Waals surface area (Å²) in [6.45, 7) is 12.9. The SMILES string of the molecule is C=C[C@@H]1C[C@]1(CC(=O)[C@@H]1C[C@@H]2CN1C(=O)[C@H](C(C)(C)C)CC(=O)O[C@@H]1C[C@H]1CCCCCc1c(nc3ccccc3c1OCCCN1CCCC1=O)O2)C(=O)NS(=O)(=O)C1(C)CC1. The number of hydrogen-bond acceptors (Lipinski definition) is 11. The number of para-hydroxylation sites is 1. The third-order valence-electron chi connectivity index (χ3n) is 14.6. The van der Waals surface area contributed by atoms with Crippen LogP contribution >= 0.6 is 0 Å². The number of allylic oxidation sites excluding steroid dienone is 1. The normalized spacial score (nSPS) is 29.7. The number of fused-ring (bicyclic) bond motifs is 5. The third-order valence-corrected chi connectivity index (χ3v) is 16.8. The largest absolute Gasteiger partial charge is 0.492 e. The molecule has 2 saturated heterocycles. The van der Waals surface area contributed by atoms with E-state index in [2.05, 4.69) is 11.3 Å². The van der Waals surface area contributed by atoms with E-state index in [1.54, 1.807) is 13.0 Å². The average molecular weight is 889 g/mol. The molecule has 3 saturated carbocycles. The molecule has 0 unspecified atom stereocenters. The summed E-state index contributed by atoms with van der Waals surface area (Å²) in [6, 6.07) is 6.70. The van der Waals surface area contributed by atoms with Crippen molar-refractivity contribution in [1.29, 1.82) is 0 Å². The zero-order valence-corrected chi connectivity index (χ0v) is 38.1. The van der Waals surface area contributed by atoms with Gasteiger partial charge in [-0.05, 0) is 94.1 Å². The summed E-state index contributed by atoms with van der Waals surface area (Å²) in [5, 5.41) is 0.841. The van der Waals surface area contributed by atoms with E-state index in [4.69, 9.17) is 19.2 Å². The van der Waals surface area contributed by atoms with Crippen LogP contribution < -0.4 is 14.2 Å². The highest BCUT2D eigenvalue weighted by molar-refractivity contribution is 7.91. The van der Waals surface area contributed by atoms with Crippen LogP contribution in [0.2, 0.25) is 0 Å². The summed E-state index contributed by atoms with van der Waals surface area (Å²) < 4.78 is 47.1. The molecule has 0 radical (unpaired) electrons. The van der Waals surface area contributed by atoms with Crippen LogP contribution in [0.3, 0.4) is 0 Å². The highest BCUT2D eigenvalue weighted by Gasteiger charge is 2.62. The molecule has 2 bridgehead atoms. The van der Waals surface area contributed by atoms with Crippen molar-refractivity contribution in [2.45, 2.75) is 147 Å². The quantitative estimate of drug-likeness (QED) is 0.145. The van der Waals surface area contributed by atoms with Crippen LogP contribution in [0.15, 0.2) is 36.9 Å². The number of hydrogen-bond donors (Lipinski definition) is 1. The smallest absolute Gasteiger partial charge is 0.306 e. The van der Waals surface area contributed by atoms with Crippen LogP contribution in [0, 0.1) is 28.6 Å². The molecule has 14 nitrogen and oxygen atoms in total. The second-order valence-electron chi connectivity index (χ2n) is 20.4. The van der Waals surface area contributed by atoms with Gasteiger partial charge in [0.2, 0.25) is 33.6 Å². The summed E-state index contributed by atoms with van der Waals surface area (Å²) in [7, 11) is -3.98. The molecule has 0 spiro atoms. The fraction of sp³-hybridized carbons (Fsp3) is 0.667. The molecule has 63 heavy (non-hydrogen) atoms. The fourth-order valence-electron chi connectivity index (χ4n) is 9.95. The Balaban J connectivity index is 1.12. The van der Waals surface area contributed by atoms with E-state index < -0.39 is 67.2 Å². The molecule has 15 heteroatoms. The fourth-order valence-corrected chi connectivity index (χ4v) is 11.3. The molecule has 4 heterocycles. The van der Waals surface area contributed by atoms with Crippen molar-refractivity contribution >= 4 is 50.4 Å². The maximum atomic E-state index is 14.9. The molecule has 5 fully saturated rings. The number of ketones is 1. The molecule has 1 N–H and O–H groups in total. The number of sulfonamides is 1. The van der Waals surface area contributed by atoms with E-state index in [0.29, 0.717) is 62.4 Å². The van der Waals surface area contributed by atoms with Crippen molar-refractivity contribution in [2.24, 2.45) is 28.6 Å². The van der Waals surface area contributed by atoms with Crippen molar-refractivity contribution in [3.63, 3.8) is 0 Å². The van der Waals surface area contributed by atoms with E-state index in [9.17, 15) is 32.4 Å². The van der Waals surface area contributed by atoms with Crippen LogP contribution in [0.25, 0.3) is 10.9 Å². The van der Waals surface area contributed by atoms with E-state index in [0.717, 1.165) is 56.0 Å². The van der Waals surface area contributed by atoms with Crippen molar-refractivity contribution in [1.82, 2.24) is 19.5 Å². The Kier molecular flexibility index (Phi) is 12.5. The van der Waals surface area contributed by atoms with Crippen LogP contribution in [0.4, 0.5) is 0 Å². The minimum Gasteiger partial charge on any atom is -0.492 e. The number of Topliss-reactive ketones (excluding diaryl/α,β-unsaturated/α-hetero) is 1. The first-order valence-corrected chi connectivity index (χ1v) is 24.6. The maximum absolute atomic E-state index is 14.9. The number of ether oxygens (including phenoxy) is 3. The van der Waals surface area contributed by atoms with Gasteiger partial charge in [0, 0.05) is 37.7 Å². The average Bonchev–Trinajstić information content (AvgIpc) is 4.19. The predicted molar refractivity (Wildman–Crippen MR) is 235 cm³/mol. The van der Waals surface area contributed by atoms with Crippen LogP contribution in [0.5, 0.6) is 11.6 Å². The number of nitrogens with zero attached hydrogens (tertiary/aromatic N) is 3. The zero-order valence-electron chi connectivity index (χ0n) is 37.3. The lowest BCUT2D eigenvalue weighted by atomic mass is 9.77. The molecule has 1 aromatic carbocycles. The van der Waals surface area contributed by atoms with Gasteiger partial charge in [-0.15, -0.1) is 6.58 Å². The lowest BCUT2D eigenvalue weighted by molar-refractivity contribution is -0.154. The molecule has 1 aromatic heterocycles. The van der Waals surface area contributed by atoms with Crippen LogP contribution in [-0.4, -0.2) is 102 Å². The number of likely N-dealkylation sites (tertiary alicyclic amines) is 1. The monoisotopic (exact) mass is 888 g/mol. The number of aromatic nitrogens is 1. The van der Waals surface area contributed by atoms with Crippen LogP contribution in [-0.2, 0) is 45.2 Å². The molecule has 342 valence electrons. The van der Waals surface area contributed by atoms with Crippen LogP contribution in [0.1, 0.15) is 123 Å². The number of benzene rings is 1. The standard InChI is InChI=1S/C48H64N4O10S/c1-6-31-27-48(31,45(57)50-63(58,59)47(5)19-20-47)28-38(53)37-25-32-29-52(37)44(56)35(46(2,3)4)26-41(55)62-39-24-30(39)14-8-7-9-16-34-42(60-23-13-22-51-21-12-18-40(51)54)33-15-10-11-17-36(33)49-43(34)61-32/h6,10-11,15,17,30-32,35,37,39H,1,7-9,12-14,16,18-29H2,2-5H3,(H,50,57)/t30-,31-,32-,35-,37+,39-,48-/m1/s1. The number of carbonyl (C=O) groups is 5. The van der Waals surface area contributed by atoms with Gasteiger partial charge >= 0.3 is 5.97 Å². The first-order valence-electron chi connectivity index (χ1n) is 23.1. The van der Waals surface area contributed by atoms with Gasteiger partial charge in [-0.1, -0.05) is 51.8 Å². The Morgan fingerprint density at radius 2 is 1.83 bits per heavy atom. The van der Waals surface area contributed by atoms with E-state index in [1.807, 2.05) is 49.9 Å². The van der Waals surface area contributed by atoms with Gasteiger partial charge in [0.1, 0.15) is 18.0 Å². The summed E-state index contributed by atoms with van der Waals surface area (Å²) in [5.41, 5.74) is -0.544. The van der Waals surface area contributed by atoms with Gasteiger partial charge in [-0.2, -0.15) is 0 Å². The highest BCUT2D eigenvalue weighted by atomic mass is 32.2. The molecule has 3 aliphatic heterocycles. The molecule has 7 atom stereocenters. The van der Waals surface area contributed by atoms with Crippen molar-refractivity contribution in [2.75, 3.05) is 26.2 Å². The lowest BCUT2D eigenvalue weighted by Crippen LogP contribution is -2.49. The van der Waals surface area contributed by atoms with Crippen molar-refractivity contribution in [3.05, 3.63) is 42.5 Å². The Labute approximate surface area is 371 Å². The van der Waals surface area contributed by atoms with Gasteiger partial charge in [0.15, 0.2) is 5.78 Å². The second-order valence-corrected chi connectivity index (χ2v) is 22.6. The predicted octanol–water partition coefficient (Wildman–Crippen LogP) is 6.23. The van der Waals surface area contributed by atoms with Gasteiger partial charge in [-0.3, -0.25) is 28.7 Å². The number of rotatable bonds is 12. The second kappa shape index (κ2) is 17.5. The van der Waals surface area contributed by atoms with Gasteiger partial charge in [-0.25, -0.2) is 13.4 Å². The number of pyridine rings is 1. The van der Waals surface area contributed by atoms with Gasteiger partial charge in [0.05, 0.1) is 52.8 Å². The highest BCUT2D eigenvalue weighted by Crippen LogP contribution is 2.57. The Morgan fingerprint density at radius 1 is 1.05 bits per heavy atom. The number of amides is 3. The van der Waals surface area contributed by atoms with E-state index >= 15 is 0 Å². The van der Waals surface area contributed by atoms with Crippen molar-refractivity contribution in [3.8, 4) is 11.6 Å². The number of carbonyl (C=O) groups excluding carboxylic acids is 5. The molecular formula is C48H64N4O10S. The molecule has 3 aliphatic carbocycles. The summed E-state index contributed by atoms with van der Waals surface area (Å²) in [5.74, 6) is -1.72. The molecule has 3 amide bonds. The first kappa shape index (κ1) is 45.1. The zero-order chi connectivity index (χ0) is 44.9. The summed E-state index contributed by atoms with van der Waals surface area (Å²) in [4.78, 5) is 77.9. The Hall–Kier alpha value is -4.53. The lowest BCUT2D eigenvalue weighted by Gasteiger charge is -2.34. The Bertz CT molecular complexity index is 2270. The number of esters is 1. The van der Waals surface area contributed by atoms with E-state index in [-0.39, 0.29) is 56.1 Å². The summed E-state index contributed by atoms with van der Waals surface area (Å²) in [6.07, 6.45) is 8.61. The first-order chi connectivity index (χ1) is 29.9. The molecular weight excluding hydrogens is 825 g/mol. The van der Waals surface area contributed by atoms with E-state index in [1.165, 1.54) is 4.90 Å². The molecule has 6 aliphatic rings. The van der Waals surface area contributed by atoms with Crippen molar-refractivity contribution < 1.29 is 46.6 Å².